The molecule has 7 rings (SSSR count). The summed E-state index contributed by atoms with van der Waals surface area (Å²) in [6.07, 6.45) is 1.14. The normalized spacial score (nSPS) is 17.0. The van der Waals surface area contributed by atoms with Gasteiger partial charge in [-0.1, -0.05) is 108 Å². The first-order valence-electron chi connectivity index (χ1n) is 15.3. The van der Waals surface area contributed by atoms with Crippen molar-refractivity contribution in [2.45, 2.75) is 32.3 Å². The van der Waals surface area contributed by atoms with Crippen LogP contribution >= 0.6 is 0 Å². The van der Waals surface area contributed by atoms with Gasteiger partial charge in [0, 0.05) is 13.1 Å². The summed E-state index contributed by atoms with van der Waals surface area (Å²) in [6, 6.07) is 33.4. The van der Waals surface area contributed by atoms with Gasteiger partial charge in [0.15, 0.2) is 0 Å². The maximum absolute atomic E-state index is 14.0. The molecule has 0 aliphatic carbocycles. The quantitative estimate of drug-likeness (QED) is 0.286. The third-order valence-electron chi connectivity index (χ3n) is 8.48. The Morgan fingerprint density at radius 3 is 2.28 bits per heavy atom. The number of piperazine rings is 1. The Morgan fingerprint density at radius 1 is 0.761 bits per heavy atom. The largest absolute Gasteiger partial charge is 0.334 e. The van der Waals surface area contributed by atoms with Crippen molar-refractivity contribution in [2.24, 2.45) is 0 Å². The van der Waals surface area contributed by atoms with Crippen LogP contribution in [0.1, 0.15) is 22.4 Å². The predicted octanol–water partition coefficient (Wildman–Crippen LogP) is 3.62. The summed E-state index contributed by atoms with van der Waals surface area (Å²) in [5.41, 5.74) is 3.67. The van der Waals surface area contributed by atoms with Crippen LogP contribution in [0.3, 0.4) is 0 Å². The maximum atomic E-state index is 14.0. The lowest BCUT2D eigenvalue weighted by Crippen LogP contribution is -2.73. The van der Waals surface area contributed by atoms with Crippen LogP contribution in [-0.2, 0) is 35.8 Å². The molecule has 1 N–H and O–H groups in total. The van der Waals surface area contributed by atoms with E-state index in [-0.39, 0.29) is 44.0 Å². The van der Waals surface area contributed by atoms with Crippen LogP contribution < -0.4 is 5.32 Å². The van der Waals surface area contributed by atoms with E-state index in [0.717, 1.165) is 27.5 Å². The fourth-order valence-corrected chi connectivity index (χ4v) is 6.21. The van der Waals surface area contributed by atoms with E-state index in [1.165, 1.54) is 4.90 Å². The van der Waals surface area contributed by atoms with Gasteiger partial charge < -0.3 is 15.1 Å². The van der Waals surface area contributed by atoms with Crippen LogP contribution in [0, 0.1) is 0 Å². The van der Waals surface area contributed by atoms with Crippen molar-refractivity contribution in [1.82, 2.24) is 40.1 Å². The van der Waals surface area contributed by atoms with Crippen LogP contribution in [0.5, 0.6) is 0 Å². The molecule has 4 aromatic carbocycles. The summed E-state index contributed by atoms with van der Waals surface area (Å²) in [6.45, 7) is 1.43. The van der Waals surface area contributed by atoms with Gasteiger partial charge in [-0.05, 0) is 27.5 Å². The number of fused-ring (bicyclic) bond motifs is 2. The fraction of sp³-hybridized carbons (Fsp3) is 0.229. The topological polar surface area (TPSA) is 107 Å². The Morgan fingerprint density at radius 2 is 1.48 bits per heavy atom. The Balaban J connectivity index is 1.15. The zero-order valence-electron chi connectivity index (χ0n) is 25.3. The molecule has 1 atom stereocenters. The number of benzene rings is 4. The molecule has 0 spiro atoms. The summed E-state index contributed by atoms with van der Waals surface area (Å²) >= 11 is 0. The molecule has 2 saturated heterocycles. The lowest BCUT2D eigenvalue weighted by molar-refractivity contribution is -0.183. The Hall–Kier alpha value is -5.55. The average Bonchev–Trinajstić information content (AvgIpc) is 3.52. The van der Waals surface area contributed by atoms with Gasteiger partial charge >= 0.3 is 6.03 Å². The summed E-state index contributed by atoms with van der Waals surface area (Å²) in [7, 11) is 0. The number of urea groups is 1. The molecule has 2 fully saturated rings. The molecule has 232 valence electrons. The highest BCUT2D eigenvalue weighted by atomic mass is 16.2. The molecular formula is C35H34N8O3. The second-order valence-electron chi connectivity index (χ2n) is 11.6. The number of nitrogens with zero attached hydrogens (tertiary/aromatic N) is 7. The van der Waals surface area contributed by atoms with Gasteiger partial charge in [0.25, 0.3) is 0 Å². The Kier molecular flexibility index (Phi) is 8.13. The van der Waals surface area contributed by atoms with Gasteiger partial charge in [-0.3, -0.25) is 9.59 Å². The zero-order valence-corrected chi connectivity index (χ0v) is 25.3. The predicted molar refractivity (Wildman–Crippen MR) is 171 cm³/mol. The highest BCUT2D eigenvalue weighted by Gasteiger charge is 2.47. The van der Waals surface area contributed by atoms with Crippen molar-refractivity contribution in [2.75, 3.05) is 19.6 Å². The SMILES string of the molecule is O=C1CN2C(=O)CN(Cc3cn(Cc4ccccc4)nn3)N(C(=O)NCc3ccccc3)C2CN1Cc1cccc2ccccc12. The van der Waals surface area contributed by atoms with E-state index in [4.69, 9.17) is 0 Å². The van der Waals surface area contributed by atoms with Crippen molar-refractivity contribution >= 4 is 28.6 Å². The molecule has 1 aromatic heterocycles. The van der Waals surface area contributed by atoms with Gasteiger partial charge in [-0.25, -0.2) is 14.5 Å². The molecule has 11 nitrogen and oxygen atoms in total. The number of carbonyl (C=O) groups is 3. The molecule has 0 saturated carbocycles. The van der Waals surface area contributed by atoms with E-state index in [2.05, 4.69) is 15.6 Å². The molecule has 5 aromatic rings. The van der Waals surface area contributed by atoms with Crippen LogP contribution in [0.25, 0.3) is 10.8 Å². The van der Waals surface area contributed by atoms with Crippen molar-refractivity contribution in [3.05, 3.63) is 132 Å². The maximum Gasteiger partial charge on any atom is 0.334 e. The van der Waals surface area contributed by atoms with E-state index in [0.29, 0.717) is 25.3 Å². The smallest absolute Gasteiger partial charge is 0.333 e. The minimum atomic E-state index is -0.691. The zero-order chi connectivity index (χ0) is 31.5. The molecule has 0 radical (unpaired) electrons. The molecule has 2 aliphatic heterocycles. The second kappa shape index (κ2) is 12.8. The third kappa shape index (κ3) is 6.18. The molecular weight excluding hydrogens is 580 g/mol. The highest BCUT2D eigenvalue weighted by molar-refractivity contribution is 5.90. The minimum absolute atomic E-state index is 0.0720. The van der Waals surface area contributed by atoms with Crippen molar-refractivity contribution < 1.29 is 14.4 Å². The van der Waals surface area contributed by atoms with Crippen molar-refractivity contribution in [1.29, 1.82) is 0 Å². The first kappa shape index (κ1) is 29.2. The lowest BCUT2D eigenvalue weighted by Gasteiger charge is -2.52. The van der Waals surface area contributed by atoms with Gasteiger partial charge in [0.2, 0.25) is 11.8 Å². The number of carbonyl (C=O) groups excluding carboxylic acids is 3. The van der Waals surface area contributed by atoms with Crippen molar-refractivity contribution in [3.63, 3.8) is 0 Å². The standard InChI is InChI=1S/C35H34N8O3/c44-33-25-42-32(23-39(33)20-29-16-9-15-28-14-7-8-17-31(28)29)43(35(46)36-18-26-10-3-1-4-11-26)41(24-34(42)45)22-30-21-40(38-37-30)19-27-12-5-2-6-13-27/h1-17,21,32H,18-20,22-25H2,(H,36,46). The Bertz CT molecular complexity index is 1860. The van der Waals surface area contributed by atoms with Gasteiger partial charge in [-0.2, -0.15) is 5.01 Å². The van der Waals surface area contributed by atoms with Crippen LogP contribution in [-0.4, -0.2) is 78.5 Å². The molecule has 1 unspecified atom stereocenters. The first-order chi connectivity index (χ1) is 22.5. The number of amides is 4. The number of aromatic nitrogens is 3. The van der Waals surface area contributed by atoms with Gasteiger partial charge in [0.1, 0.15) is 12.7 Å². The number of hydrogen-bond donors (Lipinski definition) is 1. The summed E-state index contributed by atoms with van der Waals surface area (Å²) < 4.78 is 1.74. The lowest BCUT2D eigenvalue weighted by atomic mass is 10.0. The van der Waals surface area contributed by atoms with E-state index < -0.39 is 6.17 Å². The summed E-state index contributed by atoms with van der Waals surface area (Å²) in [5.74, 6) is -0.369. The highest BCUT2D eigenvalue weighted by Crippen LogP contribution is 2.27. The second-order valence-corrected chi connectivity index (χ2v) is 11.6. The molecule has 46 heavy (non-hydrogen) atoms. The average molecular weight is 615 g/mol. The fourth-order valence-electron chi connectivity index (χ4n) is 6.21. The molecule has 4 amide bonds. The third-order valence-corrected chi connectivity index (χ3v) is 8.48. The van der Waals surface area contributed by atoms with E-state index in [9.17, 15) is 14.4 Å². The summed E-state index contributed by atoms with van der Waals surface area (Å²) in [5, 5.41) is 17.1. The van der Waals surface area contributed by atoms with E-state index in [1.807, 2.05) is 109 Å². The van der Waals surface area contributed by atoms with Crippen molar-refractivity contribution in [3.8, 4) is 0 Å². The number of nitrogens with one attached hydrogen (secondary N) is 1. The van der Waals surface area contributed by atoms with E-state index in [1.54, 1.807) is 19.6 Å². The summed E-state index contributed by atoms with van der Waals surface area (Å²) in [4.78, 5) is 44.2. The van der Waals surface area contributed by atoms with Gasteiger partial charge in [0.05, 0.1) is 38.1 Å². The monoisotopic (exact) mass is 614 g/mol. The van der Waals surface area contributed by atoms with Crippen LogP contribution in [0.4, 0.5) is 4.79 Å². The number of hydrogen-bond acceptors (Lipinski definition) is 6. The molecule has 11 heteroatoms. The van der Waals surface area contributed by atoms with Gasteiger partial charge in [-0.15, -0.1) is 5.10 Å². The minimum Gasteiger partial charge on any atom is -0.333 e. The Labute approximate surface area is 266 Å². The molecule has 3 heterocycles. The van der Waals surface area contributed by atoms with Crippen LogP contribution in [0.15, 0.2) is 109 Å². The molecule has 0 bridgehead atoms. The molecule has 2 aliphatic rings. The van der Waals surface area contributed by atoms with Crippen LogP contribution in [0.2, 0.25) is 0 Å². The number of rotatable bonds is 8. The number of hydrazine groups is 1. The van der Waals surface area contributed by atoms with E-state index >= 15 is 0 Å². The first-order valence-corrected chi connectivity index (χ1v) is 15.3.